The number of benzene rings is 3. The topological polar surface area (TPSA) is 88.3 Å². The third-order valence-corrected chi connectivity index (χ3v) is 6.53. The molecule has 0 saturated heterocycles. The van der Waals surface area contributed by atoms with E-state index in [4.69, 9.17) is 16.3 Å². The average Bonchev–Trinajstić information content (AvgIpc) is 3.12. The number of carbonyl (C=O) groups excluding carboxylic acids is 1. The van der Waals surface area contributed by atoms with Crippen LogP contribution in [0.5, 0.6) is 0 Å². The molecule has 0 aliphatic heterocycles. The van der Waals surface area contributed by atoms with Gasteiger partial charge in [0.25, 0.3) is 10.0 Å². The van der Waals surface area contributed by atoms with Crippen molar-refractivity contribution in [2.24, 2.45) is 0 Å². The largest absolute Gasteiger partial charge is 0.469 e. The van der Waals surface area contributed by atoms with Crippen LogP contribution in [0.1, 0.15) is 5.56 Å². The number of methoxy groups -OCH3 is 1. The van der Waals surface area contributed by atoms with Crippen LogP contribution in [-0.2, 0) is 26.0 Å². The number of aromatic amines is 1. The number of H-pyrrole nitrogens is 1. The minimum atomic E-state index is -3.85. The minimum Gasteiger partial charge on any atom is -0.469 e. The predicted molar refractivity (Wildman–Crippen MR) is 122 cm³/mol. The average molecular weight is 455 g/mol. The third kappa shape index (κ3) is 4.28. The van der Waals surface area contributed by atoms with Gasteiger partial charge < -0.3 is 9.72 Å². The number of hydrogen-bond donors (Lipinski definition) is 2. The molecule has 2 N–H and O–H groups in total. The molecule has 0 radical (unpaired) electrons. The lowest BCUT2D eigenvalue weighted by atomic mass is 10.0. The van der Waals surface area contributed by atoms with Crippen molar-refractivity contribution < 1.29 is 17.9 Å². The molecular weight excluding hydrogens is 436 g/mol. The van der Waals surface area contributed by atoms with E-state index < -0.39 is 16.0 Å². The second-order valence-electron chi connectivity index (χ2n) is 6.89. The molecule has 0 bridgehead atoms. The van der Waals surface area contributed by atoms with Crippen molar-refractivity contribution >= 4 is 44.2 Å². The Kier molecular flexibility index (Phi) is 5.71. The Balaban J connectivity index is 1.87. The molecule has 0 saturated carbocycles. The van der Waals surface area contributed by atoms with Crippen LogP contribution < -0.4 is 4.72 Å². The first-order valence-electron chi connectivity index (χ1n) is 9.43. The summed E-state index contributed by atoms with van der Waals surface area (Å²) in [5.41, 5.74) is 3.02. The minimum absolute atomic E-state index is 0.0311. The summed E-state index contributed by atoms with van der Waals surface area (Å²) in [4.78, 5) is 15.5. The second-order valence-corrected chi connectivity index (χ2v) is 9.00. The van der Waals surface area contributed by atoms with Crippen LogP contribution in [0.3, 0.4) is 0 Å². The van der Waals surface area contributed by atoms with Crippen molar-refractivity contribution in [2.45, 2.75) is 11.3 Å². The molecule has 4 aromatic rings. The van der Waals surface area contributed by atoms with Crippen molar-refractivity contribution in [1.82, 2.24) is 4.98 Å². The number of nitrogens with one attached hydrogen (secondary N) is 2. The smallest absolute Gasteiger partial charge is 0.310 e. The van der Waals surface area contributed by atoms with Crippen LogP contribution in [0.25, 0.3) is 22.2 Å². The number of fused-ring (bicyclic) bond motifs is 1. The van der Waals surface area contributed by atoms with Crippen molar-refractivity contribution in [3.05, 3.63) is 83.4 Å². The molecule has 0 spiro atoms. The summed E-state index contributed by atoms with van der Waals surface area (Å²) in [6, 6.07) is 20.6. The van der Waals surface area contributed by atoms with Gasteiger partial charge in [-0.25, -0.2) is 8.42 Å². The van der Waals surface area contributed by atoms with Crippen molar-refractivity contribution in [3.8, 4) is 11.3 Å². The molecule has 8 heteroatoms. The maximum absolute atomic E-state index is 12.9. The number of esters is 1. The fraction of sp³-hybridized carbons (Fsp3) is 0.0870. The first-order valence-corrected chi connectivity index (χ1v) is 11.3. The Morgan fingerprint density at radius 2 is 1.74 bits per heavy atom. The Hall–Kier alpha value is -3.29. The number of carbonyl (C=O) groups is 1. The van der Waals surface area contributed by atoms with Gasteiger partial charge in [-0.3, -0.25) is 9.52 Å². The van der Waals surface area contributed by atoms with Gasteiger partial charge in [-0.05, 0) is 42.0 Å². The van der Waals surface area contributed by atoms with E-state index in [1.807, 2.05) is 24.3 Å². The molecule has 4 rings (SSSR count). The summed E-state index contributed by atoms with van der Waals surface area (Å²) < 4.78 is 33.4. The summed E-state index contributed by atoms with van der Waals surface area (Å²) in [6.45, 7) is 0. The van der Waals surface area contributed by atoms with Crippen LogP contribution in [0.15, 0.2) is 77.7 Å². The van der Waals surface area contributed by atoms with Gasteiger partial charge in [0.2, 0.25) is 0 Å². The van der Waals surface area contributed by atoms with Crippen LogP contribution >= 0.6 is 11.6 Å². The fourth-order valence-corrected chi connectivity index (χ4v) is 4.72. The van der Waals surface area contributed by atoms with Crippen LogP contribution in [0.4, 0.5) is 5.69 Å². The number of para-hydroxylation sites is 1. The number of ether oxygens (including phenoxy) is 1. The Labute approximate surface area is 184 Å². The van der Waals surface area contributed by atoms with E-state index in [0.717, 1.165) is 10.9 Å². The van der Waals surface area contributed by atoms with Crippen LogP contribution in [0, 0.1) is 0 Å². The zero-order chi connectivity index (χ0) is 22.0. The zero-order valence-corrected chi connectivity index (χ0v) is 18.1. The number of halogens is 1. The van der Waals surface area contributed by atoms with Gasteiger partial charge in [0, 0.05) is 21.5 Å². The third-order valence-electron chi connectivity index (χ3n) is 4.91. The highest BCUT2D eigenvalue weighted by Gasteiger charge is 2.21. The van der Waals surface area contributed by atoms with Gasteiger partial charge in [0.1, 0.15) is 0 Å². The summed E-state index contributed by atoms with van der Waals surface area (Å²) in [6.07, 6.45) is 0.0311. The van der Waals surface area contributed by atoms with Gasteiger partial charge in [-0.15, -0.1) is 0 Å². The molecule has 0 aliphatic rings. The SMILES string of the molecule is COC(=O)Cc1c(-c2ccc(Cl)cc2NS(=O)(=O)c2ccccc2)[nH]c2ccccc12. The summed E-state index contributed by atoms with van der Waals surface area (Å²) >= 11 is 6.19. The molecule has 0 fully saturated rings. The van der Waals surface area contributed by atoms with E-state index in [0.29, 0.717) is 27.5 Å². The van der Waals surface area contributed by atoms with Gasteiger partial charge >= 0.3 is 5.97 Å². The lowest BCUT2D eigenvalue weighted by molar-refractivity contribution is -0.139. The maximum Gasteiger partial charge on any atom is 0.310 e. The monoisotopic (exact) mass is 454 g/mol. The van der Waals surface area contributed by atoms with E-state index in [-0.39, 0.29) is 11.3 Å². The quantitative estimate of drug-likeness (QED) is 0.401. The van der Waals surface area contributed by atoms with E-state index in [1.54, 1.807) is 36.4 Å². The summed E-state index contributed by atoms with van der Waals surface area (Å²) in [5, 5.41) is 1.23. The highest BCUT2D eigenvalue weighted by molar-refractivity contribution is 7.92. The highest BCUT2D eigenvalue weighted by atomic mass is 35.5. The molecule has 1 heterocycles. The lowest BCUT2D eigenvalue weighted by Crippen LogP contribution is -2.14. The van der Waals surface area contributed by atoms with Crippen molar-refractivity contribution in [3.63, 3.8) is 0 Å². The predicted octanol–water partition coefficient (Wildman–Crippen LogP) is 5.00. The van der Waals surface area contributed by atoms with E-state index in [9.17, 15) is 13.2 Å². The number of sulfonamides is 1. The zero-order valence-electron chi connectivity index (χ0n) is 16.6. The normalized spacial score (nSPS) is 11.4. The fourth-order valence-electron chi connectivity index (χ4n) is 3.45. The van der Waals surface area contributed by atoms with E-state index in [2.05, 4.69) is 9.71 Å². The van der Waals surface area contributed by atoms with Gasteiger partial charge in [-0.1, -0.05) is 48.0 Å². The van der Waals surface area contributed by atoms with Gasteiger partial charge in [0.15, 0.2) is 0 Å². The molecule has 0 amide bonds. The first kappa shape index (κ1) is 21.0. The number of hydrogen-bond acceptors (Lipinski definition) is 4. The number of rotatable bonds is 6. The van der Waals surface area contributed by atoms with Gasteiger partial charge in [-0.2, -0.15) is 0 Å². The molecule has 0 unspecified atom stereocenters. The molecule has 31 heavy (non-hydrogen) atoms. The molecule has 1 aromatic heterocycles. The Bertz CT molecular complexity index is 1370. The first-order chi connectivity index (χ1) is 14.9. The molecule has 3 aromatic carbocycles. The maximum atomic E-state index is 12.9. The van der Waals surface area contributed by atoms with Crippen molar-refractivity contribution in [1.29, 1.82) is 0 Å². The van der Waals surface area contributed by atoms with E-state index in [1.165, 1.54) is 19.2 Å². The Morgan fingerprint density at radius 1 is 1.03 bits per heavy atom. The van der Waals surface area contributed by atoms with Gasteiger partial charge in [0.05, 0.1) is 29.8 Å². The van der Waals surface area contributed by atoms with E-state index >= 15 is 0 Å². The molecule has 0 atom stereocenters. The van der Waals surface area contributed by atoms with Crippen LogP contribution in [-0.4, -0.2) is 26.5 Å². The van der Waals surface area contributed by atoms with Crippen molar-refractivity contribution in [2.75, 3.05) is 11.8 Å². The number of anilines is 1. The highest BCUT2D eigenvalue weighted by Crippen LogP contribution is 2.37. The molecule has 0 aliphatic carbocycles. The second kappa shape index (κ2) is 8.45. The van der Waals surface area contributed by atoms with Crippen LogP contribution in [0.2, 0.25) is 5.02 Å². The summed E-state index contributed by atoms with van der Waals surface area (Å²) in [5.74, 6) is -0.397. The number of aromatic nitrogens is 1. The lowest BCUT2D eigenvalue weighted by Gasteiger charge is -2.14. The standard InChI is InChI=1S/C23H19ClN2O4S/c1-30-22(27)14-19-17-9-5-6-10-20(17)25-23(19)18-12-11-15(24)13-21(18)26-31(28,29)16-7-3-2-4-8-16/h2-13,25-26H,14H2,1H3. The molecular formula is C23H19ClN2O4S. The Morgan fingerprint density at radius 3 is 2.48 bits per heavy atom. The summed E-state index contributed by atoms with van der Waals surface area (Å²) in [7, 11) is -2.51. The molecule has 158 valence electrons. The molecule has 6 nitrogen and oxygen atoms in total.